The standard InChI is InChI=1S/C44H32N2.C34H28N2.C31H24N2/c1-45(33-24-26-34(27-25-33)46-42-22-12-9-19-38(42)39-20-10-13-23-43(39)46)35-28-29-37-36-18-8-11-21-40(36)44(41(37)30-35,31-14-4-2-5-15-31)32-16-6-3-7-17-32;1-34(2)30-13-7-4-10-26(30)27-21-20-25(22-31(27)34)35(3)23-16-18-24(19-17-23)36-32-14-8-5-11-28(32)29-12-6-9-15-33(29)36;1-32(29-16-8-5-13-26(29)23-11-3-2-4-12-23)24-19-21-25(22-20-24)33-30-17-9-6-14-27(30)28-15-7-10-18-31(28)33/h2-30H,1H3;4-22H,1-3H3;2-22H,1H3. The summed E-state index contributed by atoms with van der Waals surface area (Å²) in [6.07, 6.45) is 0. The van der Waals surface area contributed by atoms with Gasteiger partial charge in [0.05, 0.1) is 38.5 Å². The Morgan fingerprint density at radius 2 is 0.487 bits per heavy atom. The van der Waals surface area contributed by atoms with Crippen LogP contribution in [0.4, 0.5) is 34.1 Å². The van der Waals surface area contributed by atoms with E-state index in [0.717, 1.165) is 22.7 Å². The molecular formula is C109H84N6. The molecule has 0 aliphatic heterocycles. The Morgan fingerprint density at radius 1 is 0.209 bits per heavy atom. The van der Waals surface area contributed by atoms with Gasteiger partial charge in [-0.3, -0.25) is 0 Å². The van der Waals surface area contributed by atoms with E-state index in [2.05, 4.69) is 482 Å². The summed E-state index contributed by atoms with van der Waals surface area (Å²) in [5.41, 5.74) is 33.3. The summed E-state index contributed by atoms with van der Waals surface area (Å²) in [5.74, 6) is 0. The number of hydrogen-bond acceptors (Lipinski definition) is 3. The molecule has 0 spiro atoms. The first kappa shape index (κ1) is 69.7. The van der Waals surface area contributed by atoms with E-state index in [0.29, 0.717) is 0 Å². The molecule has 0 bridgehead atoms. The Kier molecular flexibility index (Phi) is 17.4. The molecule has 0 unspecified atom stereocenters. The van der Waals surface area contributed by atoms with Gasteiger partial charge >= 0.3 is 0 Å². The van der Waals surface area contributed by atoms with Crippen molar-refractivity contribution in [2.75, 3.05) is 35.8 Å². The molecule has 6 heteroatoms. The van der Waals surface area contributed by atoms with Crippen LogP contribution in [0.3, 0.4) is 0 Å². The smallest absolute Gasteiger partial charge is 0.0714 e. The molecule has 0 atom stereocenters. The van der Waals surface area contributed by atoms with Crippen molar-refractivity contribution in [1.82, 2.24) is 13.7 Å². The zero-order valence-electron chi connectivity index (χ0n) is 65.0. The molecule has 0 radical (unpaired) electrons. The van der Waals surface area contributed by atoms with E-state index in [4.69, 9.17) is 0 Å². The van der Waals surface area contributed by atoms with E-state index in [-0.39, 0.29) is 5.41 Å². The van der Waals surface area contributed by atoms with Gasteiger partial charge in [0.1, 0.15) is 0 Å². The van der Waals surface area contributed by atoms with Gasteiger partial charge in [-0.05, 0) is 201 Å². The fourth-order valence-corrected chi connectivity index (χ4v) is 18.7. The van der Waals surface area contributed by atoms with Gasteiger partial charge in [0.2, 0.25) is 0 Å². The third kappa shape index (κ3) is 11.7. The van der Waals surface area contributed by atoms with Gasteiger partial charge in [0.25, 0.3) is 0 Å². The summed E-state index contributed by atoms with van der Waals surface area (Å²) < 4.78 is 7.09. The molecule has 6 nitrogen and oxygen atoms in total. The molecule has 0 fully saturated rings. The van der Waals surface area contributed by atoms with Gasteiger partial charge in [-0.25, -0.2) is 0 Å². The maximum Gasteiger partial charge on any atom is 0.0714 e. The van der Waals surface area contributed by atoms with Gasteiger partial charge in [-0.1, -0.05) is 293 Å². The Balaban J connectivity index is 0.000000113. The van der Waals surface area contributed by atoms with Crippen LogP contribution >= 0.6 is 0 Å². The fraction of sp³-hybridized carbons (Fsp3) is 0.0642. The van der Waals surface area contributed by atoms with Gasteiger partial charge in [0, 0.05) is 116 Å². The molecule has 3 heterocycles. The summed E-state index contributed by atoms with van der Waals surface area (Å²) in [7, 11) is 6.47. The van der Waals surface area contributed by atoms with Crippen LogP contribution in [0.15, 0.2) is 419 Å². The normalized spacial score (nSPS) is 12.7. The molecule has 17 aromatic carbocycles. The zero-order chi connectivity index (χ0) is 77.3. The van der Waals surface area contributed by atoms with Gasteiger partial charge < -0.3 is 28.4 Å². The molecule has 20 aromatic rings. The number of fused-ring (bicyclic) bond motifs is 15. The van der Waals surface area contributed by atoms with Gasteiger partial charge in [-0.15, -0.1) is 0 Å². The summed E-state index contributed by atoms with van der Waals surface area (Å²) in [6, 6.07) is 151. The van der Waals surface area contributed by atoms with E-state index < -0.39 is 5.41 Å². The quantitative estimate of drug-likeness (QED) is 0.122. The first-order chi connectivity index (χ1) is 56.6. The number of hydrogen-bond donors (Lipinski definition) is 0. The molecule has 0 amide bonds. The molecule has 0 saturated carbocycles. The second-order valence-electron chi connectivity index (χ2n) is 30.9. The Morgan fingerprint density at radius 3 is 0.887 bits per heavy atom. The number of para-hydroxylation sites is 7. The summed E-state index contributed by atoms with van der Waals surface area (Å²) in [5, 5.41) is 7.70. The molecule has 0 saturated heterocycles. The minimum Gasteiger partial charge on any atom is -0.345 e. The summed E-state index contributed by atoms with van der Waals surface area (Å²) in [6.45, 7) is 4.67. The topological polar surface area (TPSA) is 24.5 Å². The van der Waals surface area contributed by atoms with Gasteiger partial charge in [-0.2, -0.15) is 0 Å². The highest BCUT2D eigenvalue weighted by molar-refractivity contribution is 6.11. The average Bonchev–Trinajstić information content (AvgIpc) is 1.54. The molecule has 2 aliphatic rings. The van der Waals surface area contributed by atoms with Crippen molar-refractivity contribution in [2.45, 2.75) is 24.7 Å². The van der Waals surface area contributed by atoms with Crippen LogP contribution in [0.5, 0.6) is 0 Å². The number of nitrogens with zero attached hydrogens (tertiary/aromatic N) is 6. The van der Waals surface area contributed by atoms with E-state index >= 15 is 0 Å². The minimum atomic E-state index is -0.411. The number of aromatic nitrogens is 3. The van der Waals surface area contributed by atoms with E-state index in [1.807, 2.05) is 0 Å². The van der Waals surface area contributed by atoms with Crippen molar-refractivity contribution in [1.29, 1.82) is 0 Å². The van der Waals surface area contributed by atoms with Crippen molar-refractivity contribution < 1.29 is 0 Å². The lowest BCUT2D eigenvalue weighted by Crippen LogP contribution is -2.28. The van der Waals surface area contributed by atoms with Crippen LogP contribution in [0, 0.1) is 0 Å². The Bertz CT molecular complexity index is 6830. The molecule has 550 valence electrons. The average molecular weight is 1480 g/mol. The Hall–Kier alpha value is -14.5. The Labute approximate surface area is 671 Å². The molecule has 22 rings (SSSR count). The lowest BCUT2D eigenvalue weighted by atomic mass is 9.67. The van der Waals surface area contributed by atoms with Crippen molar-refractivity contribution >= 4 is 99.5 Å². The second-order valence-corrected chi connectivity index (χ2v) is 30.9. The number of anilines is 6. The van der Waals surface area contributed by atoms with Crippen LogP contribution in [-0.4, -0.2) is 34.8 Å². The van der Waals surface area contributed by atoms with Crippen molar-refractivity contribution in [3.8, 4) is 50.4 Å². The van der Waals surface area contributed by atoms with Crippen LogP contribution in [0.25, 0.3) is 116 Å². The van der Waals surface area contributed by atoms with E-state index in [9.17, 15) is 0 Å². The lowest BCUT2D eigenvalue weighted by Gasteiger charge is -2.34. The maximum atomic E-state index is 2.41. The van der Waals surface area contributed by atoms with Crippen LogP contribution < -0.4 is 14.7 Å². The molecule has 115 heavy (non-hydrogen) atoms. The van der Waals surface area contributed by atoms with E-state index in [1.54, 1.807) is 0 Å². The fourth-order valence-electron chi connectivity index (χ4n) is 18.7. The SMILES string of the molecule is CN(c1ccc(-n2c3ccccc3c3ccccc32)cc1)c1ccc2c(c1)C(C)(C)c1ccccc1-2.CN(c1ccc(-n2c3ccccc3c3ccccc32)cc1)c1ccc2c(c1)C(c1ccccc1)(c1ccccc1)c1ccccc1-2.CN(c1ccc(-n2c3ccccc3c3ccccc32)cc1)c1ccccc1-c1ccccc1. The zero-order valence-corrected chi connectivity index (χ0v) is 65.0. The first-order valence-corrected chi connectivity index (χ1v) is 39.8. The largest absolute Gasteiger partial charge is 0.345 e. The molecule has 3 aromatic heterocycles. The van der Waals surface area contributed by atoms with Crippen molar-refractivity contribution in [2.24, 2.45) is 0 Å². The molecule has 0 N–H and O–H groups in total. The minimum absolute atomic E-state index is 0.00314. The van der Waals surface area contributed by atoms with Crippen LogP contribution in [-0.2, 0) is 10.8 Å². The molecular weight excluding hydrogens is 1390 g/mol. The van der Waals surface area contributed by atoms with Crippen molar-refractivity contribution in [3.05, 3.63) is 452 Å². The second kappa shape index (κ2) is 28.7. The maximum absolute atomic E-state index is 2.41. The van der Waals surface area contributed by atoms with Crippen molar-refractivity contribution in [3.63, 3.8) is 0 Å². The predicted octanol–water partition coefficient (Wildman–Crippen LogP) is 28.0. The van der Waals surface area contributed by atoms with Gasteiger partial charge in [0.15, 0.2) is 0 Å². The highest BCUT2D eigenvalue weighted by atomic mass is 15.1. The monoisotopic (exact) mass is 1480 g/mol. The summed E-state index contributed by atoms with van der Waals surface area (Å²) in [4.78, 5) is 6.85. The van der Waals surface area contributed by atoms with Crippen LogP contribution in [0.1, 0.15) is 47.2 Å². The molecule has 2 aliphatic carbocycles. The van der Waals surface area contributed by atoms with E-state index in [1.165, 1.54) is 161 Å². The van der Waals surface area contributed by atoms with Crippen LogP contribution in [0.2, 0.25) is 0 Å². The third-order valence-corrected chi connectivity index (χ3v) is 24.4. The highest BCUT2D eigenvalue weighted by Crippen LogP contribution is 2.57. The summed E-state index contributed by atoms with van der Waals surface area (Å²) >= 11 is 0. The number of rotatable bonds is 12. The highest BCUT2D eigenvalue weighted by Gasteiger charge is 2.46. The predicted molar refractivity (Wildman–Crippen MR) is 486 cm³/mol. The number of benzene rings is 17. The lowest BCUT2D eigenvalue weighted by molar-refractivity contribution is 0.660. The third-order valence-electron chi connectivity index (χ3n) is 24.4. The first-order valence-electron chi connectivity index (χ1n) is 39.8.